The summed E-state index contributed by atoms with van der Waals surface area (Å²) >= 11 is 1.62. The van der Waals surface area contributed by atoms with Gasteiger partial charge in [-0.2, -0.15) is 0 Å². The lowest BCUT2D eigenvalue weighted by Gasteiger charge is -1.99. The topological polar surface area (TPSA) is 20.5 Å². The summed E-state index contributed by atoms with van der Waals surface area (Å²) in [4.78, 5) is 1.16. The molecule has 3 heteroatoms. The van der Waals surface area contributed by atoms with Crippen LogP contribution in [0.15, 0.2) is 4.42 Å². The van der Waals surface area contributed by atoms with Crippen molar-refractivity contribution < 1.29 is 4.74 Å². The summed E-state index contributed by atoms with van der Waals surface area (Å²) in [6.45, 7) is 7.19. The molecular weight excluding hydrogens is 160 g/mol. The maximum absolute atomic E-state index is 5.42. The van der Waals surface area contributed by atoms with Gasteiger partial charge in [0, 0.05) is 0 Å². The van der Waals surface area contributed by atoms with Crippen molar-refractivity contribution in [3.63, 3.8) is 0 Å². The summed E-state index contributed by atoms with van der Waals surface area (Å²) in [5, 5.41) is 0. The Balaban J connectivity index is 2.82. The van der Waals surface area contributed by atoms with Crippen LogP contribution in [0.25, 0.3) is 6.58 Å². The second-order valence-corrected chi connectivity index (χ2v) is 3.75. The summed E-state index contributed by atoms with van der Waals surface area (Å²) < 4.78 is 11.8. The van der Waals surface area contributed by atoms with Crippen molar-refractivity contribution >= 4 is 17.9 Å². The van der Waals surface area contributed by atoms with E-state index >= 15 is 0 Å². The molecule has 2 nitrogen and oxygen atoms in total. The smallest absolute Gasteiger partial charge is 0.402 e. The molecule has 0 bridgehead atoms. The Morgan fingerprint density at radius 3 is 3.18 bits per heavy atom. The molecule has 11 heavy (non-hydrogen) atoms. The van der Waals surface area contributed by atoms with Crippen molar-refractivity contribution in [2.45, 2.75) is 6.92 Å². The van der Waals surface area contributed by atoms with Gasteiger partial charge in [-0.05, 0) is 6.92 Å². The molecule has 0 aromatic carbocycles. The zero-order chi connectivity index (χ0) is 7.84. The van der Waals surface area contributed by atoms with Crippen molar-refractivity contribution in [3.05, 3.63) is 19.3 Å². The van der Waals surface area contributed by atoms with E-state index in [9.17, 15) is 0 Å². The lowest BCUT2D eigenvalue weighted by molar-refractivity contribution is 0.321. The molecule has 0 amide bonds. The maximum Gasteiger partial charge on any atom is 0.402 e. The van der Waals surface area contributed by atoms with Gasteiger partial charge in [0.25, 0.3) is 6.61 Å². The zero-order valence-electron chi connectivity index (χ0n) is 6.35. The molecule has 2 heterocycles. The van der Waals surface area contributed by atoms with Crippen LogP contribution in [0, 0.1) is 6.92 Å². The van der Waals surface area contributed by atoms with Crippen LogP contribution in [0.5, 0.6) is 5.75 Å². The summed E-state index contributed by atoms with van der Waals surface area (Å²) in [6.07, 6.45) is 0. The van der Waals surface area contributed by atoms with E-state index < -0.39 is 0 Å². The molecule has 0 aliphatic carbocycles. The minimum atomic E-state index is 0.645. The number of hydrogen-bond acceptors (Lipinski definition) is 2. The number of ether oxygens (including phenoxy) is 1. The molecule has 0 fully saturated rings. The molecule has 1 aliphatic heterocycles. The number of fused-ring (bicyclic) bond motifs is 1. The Kier molecular flexibility index (Phi) is 1.46. The minimum Gasteiger partial charge on any atom is -0.474 e. The zero-order valence-corrected chi connectivity index (χ0v) is 7.16. The third-order valence-corrected chi connectivity index (χ3v) is 2.56. The van der Waals surface area contributed by atoms with Gasteiger partial charge in [0.05, 0.1) is 4.88 Å². The predicted octanol–water partition coefficient (Wildman–Crippen LogP) is 0.474. The van der Waals surface area contributed by atoms with Crippen LogP contribution in [-0.4, -0.2) is 13.2 Å². The first-order valence-corrected chi connectivity index (χ1v) is 4.31. The van der Waals surface area contributed by atoms with Crippen molar-refractivity contribution in [1.82, 2.24) is 0 Å². The third-order valence-electron chi connectivity index (χ3n) is 1.63. The fourth-order valence-electron chi connectivity index (χ4n) is 1.16. The molecule has 1 aromatic rings. The van der Waals surface area contributed by atoms with E-state index in [0.717, 1.165) is 20.6 Å². The fourth-order valence-corrected chi connectivity index (χ4v) is 2.02. The Labute approximate surface area is 68.4 Å². The number of rotatable bonds is 0. The molecular formula is C8H9O2S+. The highest BCUT2D eigenvalue weighted by Crippen LogP contribution is 2.15. The van der Waals surface area contributed by atoms with E-state index in [1.54, 1.807) is 11.3 Å². The standard InChI is InChI=1S/C8H9O2S/c1-5-7-8(6(2)11-5)10-4-3-9-7/h1,3-4H2,2H3/q+1. The molecule has 0 atom stereocenters. The highest BCUT2D eigenvalue weighted by atomic mass is 32.1. The van der Waals surface area contributed by atoms with E-state index in [1.165, 1.54) is 0 Å². The fraction of sp³-hybridized carbons (Fsp3) is 0.375. The molecule has 0 radical (unpaired) electrons. The first-order chi connectivity index (χ1) is 5.29. The van der Waals surface area contributed by atoms with E-state index in [2.05, 4.69) is 6.58 Å². The van der Waals surface area contributed by atoms with Crippen LogP contribution in [0.1, 0.15) is 4.88 Å². The molecule has 0 saturated heterocycles. The maximum atomic E-state index is 5.42. The van der Waals surface area contributed by atoms with Gasteiger partial charge in [0.15, 0.2) is 6.61 Å². The van der Waals surface area contributed by atoms with Crippen LogP contribution in [0.2, 0.25) is 0 Å². The SMILES string of the molecule is C=c1sc(C)c2c1=[O+]CCO2. The molecule has 0 N–H and O–H groups in total. The molecule has 1 aliphatic rings. The largest absolute Gasteiger partial charge is 0.474 e. The van der Waals surface area contributed by atoms with Crippen molar-refractivity contribution in [1.29, 1.82) is 0 Å². The molecule has 1 aromatic heterocycles. The van der Waals surface area contributed by atoms with Gasteiger partial charge >= 0.3 is 5.43 Å². The van der Waals surface area contributed by atoms with Crippen LogP contribution in [-0.2, 0) is 0 Å². The second kappa shape index (κ2) is 2.34. The van der Waals surface area contributed by atoms with Gasteiger partial charge in [0.1, 0.15) is 4.53 Å². The van der Waals surface area contributed by atoms with Crippen LogP contribution in [0.3, 0.4) is 0 Å². The summed E-state index contributed by atoms with van der Waals surface area (Å²) in [6, 6.07) is 0. The minimum absolute atomic E-state index is 0.645. The predicted molar refractivity (Wildman–Crippen MR) is 46.4 cm³/mol. The van der Waals surface area contributed by atoms with Crippen LogP contribution < -0.4 is 14.7 Å². The highest BCUT2D eigenvalue weighted by Gasteiger charge is 2.20. The Morgan fingerprint density at radius 2 is 2.45 bits per heavy atom. The normalized spacial score (nSPS) is 15.0. The molecule has 58 valence electrons. The van der Waals surface area contributed by atoms with Gasteiger partial charge in [0.2, 0.25) is 5.75 Å². The van der Waals surface area contributed by atoms with Crippen LogP contribution >= 0.6 is 11.3 Å². The third kappa shape index (κ3) is 0.959. The monoisotopic (exact) mass is 169 g/mol. The Morgan fingerprint density at radius 1 is 1.64 bits per heavy atom. The van der Waals surface area contributed by atoms with Gasteiger partial charge < -0.3 is 4.74 Å². The second-order valence-electron chi connectivity index (χ2n) is 2.44. The number of aryl methyl sites for hydroxylation is 1. The number of hydrogen-bond donors (Lipinski definition) is 0. The first kappa shape index (κ1) is 6.85. The van der Waals surface area contributed by atoms with Gasteiger partial charge in [-0.1, -0.05) is 6.58 Å². The molecule has 0 saturated carbocycles. The first-order valence-electron chi connectivity index (χ1n) is 3.50. The van der Waals surface area contributed by atoms with E-state index in [-0.39, 0.29) is 0 Å². The summed E-state index contributed by atoms with van der Waals surface area (Å²) in [5.74, 6) is 0.895. The van der Waals surface area contributed by atoms with Crippen molar-refractivity contribution in [3.8, 4) is 5.75 Å². The molecule has 0 spiro atoms. The van der Waals surface area contributed by atoms with Gasteiger partial charge in [-0.15, -0.1) is 11.3 Å². The molecule has 2 rings (SSSR count). The van der Waals surface area contributed by atoms with Gasteiger partial charge in [-0.3, -0.25) is 0 Å². The van der Waals surface area contributed by atoms with Crippen LogP contribution in [0.4, 0.5) is 0 Å². The summed E-state index contributed by atoms with van der Waals surface area (Å²) in [7, 11) is 0. The van der Waals surface area contributed by atoms with Crippen molar-refractivity contribution in [2.75, 3.05) is 13.2 Å². The van der Waals surface area contributed by atoms with E-state index in [4.69, 9.17) is 9.16 Å². The number of thiophene rings is 1. The van der Waals surface area contributed by atoms with E-state index in [0.29, 0.717) is 13.2 Å². The lowest BCUT2D eigenvalue weighted by Crippen LogP contribution is -2.25. The summed E-state index contributed by atoms with van der Waals surface area (Å²) in [5.41, 5.74) is 0.846. The quantitative estimate of drug-likeness (QED) is 0.517. The average molecular weight is 169 g/mol. The molecule has 0 unspecified atom stereocenters. The Bertz CT molecular complexity index is 378. The Hall–Kier alpha value is -0.830. The van der Waals surface area contributed by atoms with Gasteiger partial charge in [-0.25, -0.2) is 4.42 Å². The van der Waals surface area contributed by atoms with E-state index in [1.807, 2.05) is 6.92 Å². The highest BCUT2D eigenvalue weighted by molar-refractivity contribution is 7.10. The van der Waals surface area contributed by atoms with Crippen molar-refractivity contribution in [2.24, 2.45) is 0 Å². The average Bonchev–Trinajstić information content (AvgIpc) is 2.30. The lowest BCUT2D eigenvalue weighted by atomic mass is 10.4.